The Balaban J connectivity index is 2.46. The van der Waals surface area contributed by atoms with Crippen LogP contribution in [0.3, 0.4) is 0 Å². The number of methoxy groups -OCH3 is 1. The van der Waals surface area contributed by atoms with E-state index in [9.17, 15) is 13.2 Å². The van der Waals surface area contributed by atoms with Gasteiger partial charge >= 0.3 is 6.18 Å². The van der Waals surface area contributed by atoms with Crippen molar-refractivity contribution in [3.8, 4) is 0 Å². The maximum Gasteiger partial charge on any atom is 0.423 e. The van der Waals surface area contributed by atoms with E-state index in [1.807, 2.05) is 19.2 Å². The zero-order valence-corrected chi connectivity index (χ0v) is 17.4. The predicted molar refractivity (Wildman–Crippen MR) is 112 cm³/mol. The molecule has 2 aromatic rings. The third kappa shape index (κ3) is 6.12. The molecule has 2 rings (SSSR count). The largest absolute Gasteiger partial charge is 0.480 e. The minimum atomic E-state index is -4.72. The van der Waals surface area contributed by atoms with Gasteiger partial charge in [0.15, 0.2) is 0 Å². The van der Waals surface area contributed by atoms with Crippen LogP contribution in [-0.2, 0) is 4.74 Å². The highest BCUT2D eigenvalue weighted by Crippen LogP contribution is 2.34. The average molecular weight is 421 g/mol. The first kappa shape index (κ1) is 22.5. The molecule has 154 valence electrons. The van der Waals surface area contributed by atoms with Crippen LogP contribution in [0, 0.1) is 6.92 Å². The maximum atomic E-state index is 13.8. The molecule has 0 atom stereocenters. The van der Waals surface area contributed by atoms with E-state index in [-0.39, 0.29) is 5.70 Å². The predicted octanol–water partition coefficient (Wildman–Crippen LogP) is 5.97. The lowest BCUT2D eigenvalue weighted by Crippen LogP contribution is -2.20. The highest BCUT2D eigenvalue weighted by molar-refractivity contribution is 7.98. The van der Waals surface area contributed by atoms with E-state index < -0.39 is 17.6 Å². The van der Waals surface area contributed by atoms with Gasteiger partial charge in [-0.1, -0.05) is 24.3 Å². The topological polar surface area (TPSA) is 46.5 Å². The lowest BCUT2D eigenvalue weighted by Gasteiger charge is -2.18. The molecule has 1 heterocycles. The second kappa shape index (κ2) is 9.65. The van der Waals surface area contributed by atoms with Crippen molar-refractivity contribution in [2.75, 3.05) is 18.7 Å². The summed E-state index contributed by atoms with van der Waals surface area (Å²) in [6, 6.07) is 10.5. The zero-order valence-electron chi connectivity index (χ0n) is 16.6. The van der Waals surface area contributed by atoms with E-state index in [0.29, 0.717) is 17.1 Å². The molecule has 0 radical (unpaired) electrons. The number of hydrogen-bond donors (Lipinski definition) is 1. The molecule has 0 amide bonds. The molecule has 0 unspecified atom stereocenters. The third-order valence-corrected chi connectivity index (χ3v) is 4.67. The van der Waals surface area contributed by atoms with Crippen LogP contribution >= 0.6 is 11.8 Å². The van der Waals surface area contributed by atoms with Crippen molar-refractivity contribution in [2.45, 2.75) is 24.9 Å². The van der Waals surface area contributed by atoms with Crippen molar-refractivity contribution >= 4 is 23.2 Å². The number of aliphatic imine (C=N–C) groups is 1. The number of allylic oxidation sites excluding steroid dienone is 1. The van der Waals surface area contributed by atoms with E-state index in [1.165, 1.54) is 11.8 Å². The van der Waals surface area contributed by atoms with Gasteiger partial charge in [-0.15, -0.1) is 11.8 Å². The van der Waals surface area contributed by atoms with E-state index in [1.54, 1.807) is 43.5 Å². The van der Waals surface area contributed by atoms with Gasteiger partial charge in [0.05, 0.1) is 18.5 Å². The summed E-state index contributed by atoms with van der Waals surface area (Å²) in [7, 11) is 1.14. The number of aryl methyl sites for hydroxylation is 1. The summed E-state index contributed by atoms with van der Waals surface area (Å²) in [6.45, 7) is 7.03. The van der Waals surface area contributed by atoms with Crippen LogP contribution in [-0.4, -0.2) is 30.2 Å². The molecule has 0 saturated carbocycles. The smallest absolute Gasteiger partial charge is 0.423 e. The summed E-state index contributed by atoms with van der Waals surface area (Å²) in [5, 5.41) is 2.68. The van der Waals surface area contributed by atoms with Crippen LogP contribution in [0.2, 0.25) is 0 Å². The number of aromatic nitrogens is 1. The number of pyridine rings is 1. The summed E-state index contributed by atoms with van der Waals surface area (Å²) in [4.78, 5) is 9.17. The first-order chi connectivity index (χ1) is 13.7. The lowest BCUT2D eigenvalue weighted by molar-refractivity contribution is -0.0923. The Hall–Kier alpha value is -2.74. The fourth-order valence-electron chi connectivity index (χ4n) is 2.44. The van der Waals surface area contributed by atoms with E-state index in [2.05, 4.69) is 21.9 Å². The molecule has 1 N–H and O–H groups in total. The number of thioether (sulfide) groups is 1. The van der Waals surface area contributed by atoms with Crippen LogP contribution in [0.5, 0.6) is 0 Å². The molecule has 0 spiro atoms. The molecule has 1 aromatic heterocycles. The van der Waals surface area contributed by atoms with Crippen molar-refractivity contribution in [2.24, 2.45) is 4.99 Å². The molecule has 0 aliphatic carbocycles. The molecule has 1 aromatic carbocycles. The minimum absolute atomic E-state index is 0.294. The number of ether oxygens (including phenoxy) is 1. The van der Waals surface area contributed by atoms with Crippen molar-refractivity contribution in [3.05, 3.63) is 77.6 Å². The fourth-order valence-corrected chi connectivity index (χ4v) is 2.87. The summed E-state index contributed by atoms with van der Waals surface area (Å²) >= 11 is 1.50. The van der Waals surface area contributed by atoms with Gasteiger partial charge in [0, 0.05) is 22.5 Å². The molecule has 8 heteroatoms. The summed E-state index contributed by atoms with van der Waals surface area (Å²) in [5.41, 5.74) is 0.785. The van der Waals surface area contributed by atoms with Crippen molar-refractivity contribution in [1.82, 2.24) is 4.98 Å². The zero-order chi connectivity index (χ0) is 21.6. The number of nitrogens with one attached hydrogen (secondary N) is 1. The van der Waals surface area contributed by atoms with Gasteiger partial charge in [0.2, 0.25) is 5.88 Å². The highest BCUT2D eigenvalue weighted by Gasteiger charge is 2.40. The van der Waals surface area contributed by atoms with Crippen molar-refractivity contribution in [1.29, 1.82) is 0 Å². The monoisotopic (exact) mass is 421 g/mol. The minimum Gasteiger partial charge on any atom is -0.480 e. The summed E-state index contributed by atoms with van der Waals surface area (Å²) in [6.07, 6.45) is -1.24. The standard InChI is InChI=1S/C21H22F3N3OS/c1-13-6-8-16(9-7-13)26-15(3)19(21(22,23)24)20(28-4)27-14(2)18-12-17(29-5)10-11-25-18/h6-12,26H,3H2,1-2,4-5H3/b20-19-,27-14+. The van der Waals surface area contributed by atoms with Gasteiger partial charge in [-0.25, -0.2) is 4.99 Å². The molecular weight excluding hydrogens is 399 g/mol. The van der Waals surface area contributed by atoms with E-state index in [4.69, 9.17) is 4.74 Å². The van der Waals surface area contributed by atoms with Crippen LogP contribution < -0.4 is 5.32 Å². The van der Waals surface area contributed by atoms with Gasteiger partial charge in [0.1, 0.15) is 5.57 Å². The van der Waals surface area contributed by atoms with E-state index >= 15 is 0 Å². The molecule has 29 heavy (non-hydrogen) atoms. The van der Waals surface area contributed by atoms with Gasteiger partial charge in [0.25, 0.3) is 0 Å². The molecule has 0 fully saturated rings. The number of anilines is 1. The number of rotatable bonds is 7. The Kier molecular flexibility index (Phi) is 7.50. The molecular formula is C21H22F3N3OS. The Morgan fingerprint density at radius 3 is 2.41 bits per heavy atom. The molecule has 0 aliphatic heterocycles. The number of nitrogens with zero attached hydrogens (tertiary/aromatic N) is 2. The summed E-state index contributed by atoms with van der Waals surface area (Å²) < 4.78 is 46.5. The Morgan fingerprint density at radius 2 is 1.86 bits per heavy atom. The molecule has 0 aliphatic rings. The normalized spacial score (nSPS) is 13.0. The second-order valence-electron chi connectivity index (χ2n) is 6.13. The summed E-state index contributed by atoms with van der Waals surface area (Å²) in [5.74, 6) is -0.587. The van der Waals surface area contributed by atoms with Crippen LogP contribution in [0.4, 0.5) is 18.9 Å². The molecule has 0 bridgehead atoms. The van der Waals surface area contributed by atoms with Crippen LogP contribution in [0.25, 0.3) is 0 Å². The first-order valence-electron chi connectivity index (χ1n) is 8.59. The quantitative estimate of drug-likeness (QED) is 0.259. The van der Waals surface area contributed by atoms with Gasteiger partial charge < -0.3 is 10.1 Å². The first-order valence-corrected chi connectivity index (χ1v) is 9.82. The SMILES string of the molecule is C=C(Nc1ccc(C)cc1)/C(=C(\N=C(/C)c1cc(SC)ccn1)OC)C(F)(F)F. The van der Waals surface area contributed by atoms with Gasteiger partial charge in [-0.05, 0) is 44.4 Å². The van der Waals surface area contributed by atoms with Crippen molar-refractivity contribution < 1.29 is 17.9 Å². The Bertz CT molecular complexity index is 935. The number of halogens is 3. The third-order valence-electron chi connectivity index (χ3n) is 3.95. The average Bonchev–Trinajstić information content (AvgIpc) is 2.68. The number of alkyl halides is 3. The number of benzene rings is 1. The van der Waals surface area contributed by atoms with Crippen LogP contribution in [0.15, 0.2) is 76.2 Å². The second-order valence-corrected chi connectivity index (χ2v) is 7.01. The number of hydrogen-bond acceptors (Lipinski definition) is 5. The van der Waals surface area contributed by atoms with Gasteiger partial charge in [-0.2, -0.15) is 13.2 Å². The Morgan fingerprint density at radius 1 is 1.21 bits per heavy atom. The van der Waals surface area contributed by atoms with Crippen molar-refractivity contribution in [3.63, 3.8) is 0 Å². The fraction of sp³-hybridized carbons (Fsp3) is 0.238. The Labute approximate surface area is 172 Å². The highest BCUT2D eigenvalue weighted by atomic mass is 32.2. The lowest BCUT2D eigenvalue weighted by atomic mass is 10.1. The van der Waals surface area contributed by atoms with Crippen LogP contribution in [0.1, 0.15) is 18.2 Å². The maximum absolute atomic E-state index is 13.8. The van der Waals surface area contributed by atoms with E-state index in [0.717, 1.165) is 17.6 Å². The molecule has 0 saturated heterocycles. The van der Waals surface area contributed by atoms with Gasteiger partial charge in [-0.3, -0.25) is 4.98 Å². The molecule has 4 nitrogen and oxygen atoms in total.